The molecule has 0 aliphatic carbocycles. The van der Waals surface area contributed by atoms with Crippen molar-refractivity contribution in [2.45, 2.75) is 0 Å². The first kappa shape index (κ1) is 12.1. The lowest BCUT2D eigenvalue weighted by molar-refractivity contribution is -0.384. The third-order valence-corrected chi connectivity index (χ3v) is 3.01. The third kappa shape index (κ3) is 2.16. The maximum Gasteiger partial charge on any atom is 0.294 e. The molecule has 5 heteroatoms. The molecular formula is C15H11N3O2. The first-order valence-electron chi connectivity index (χ1n) is 6.09. The summed E-state index contributed by atoms with van der Waals surface area (Å²) in [6.07, 6.45) is 3.49. The van der Waals surface area contributed by atoms with Gasteiger partial charge in [0.15, 0.2) is 0 Å². The van der Waals surface area contributed by atoms with Crippen LogP contribution in [0.25, 0.3) is 16.8 Å². The molecule has 0 bridgehead atoms. The number of aromatic nitrogens is 2. The fraction of sp³-hybridized carbons (Fsp3) is 0. The van der Waals surface area contributed by atoms with E-state index >= 15 is 0 Å². The highest BCUT2D eigenvalue weighted by molar-refractivity contribution is 5.63. The Labute approximate surface area is 115 Å². The molecule has 0 atom stereocenters. The van der Waals surface area contributed by atoms with E-state index in [1.165, 1.54) is 10.7 Å². The lowest BCUT2D eigenvalue weighted by Crippen LogP contribution is -1.99. The molecule has 1 aromatic heterocycles. The second-order valence-electron chi connectivity index (χ2n) is 4.29. The summed E-state index contributed by atoms with van der Waals surface area (Å²) in [7, 11) is 0. The number of nitro groups is 1. The number of para-hydroxylation sites is 2. The molecule has 0 fully saturated rings. The standard InChI is InChI=1S/C15H11N3O2/c19-18(20)15-9-5-4-8-14(15)17-11-13(10-16-17)12-6-2-1-3-7-12/h1-11H. The Kier molecular flexibility index (Phi) is 3.01. The zero-order valence-corrected chi connectivity index (χ0v) is 10.5. The SMILES string of the molecule is O=[N+]([O-])c1ccccc1-n1cc(-c2ccccc2)cn1. The highest BCUT2D eigenvalue weighted by Crippen LogP contribution is 2.24. The molecule has 20 heavy (non-hydrogen) atoms. The van der Waals surface area contributed by atoms with Gasteiger partial charge in [-0.15, -0.1) is 0 Å². The molecule has 2 aromatic carbocycles. The maximum atomic E-state index is 11.0. The van der Waals surface area contributed by atoms with E-state index in [9.17, 15) is 10.1 Å². The van der Waals surface area contributed by atoms with Crippen LogP contribution in [0.2, 0.25) is 0 Å². The predicted molar refractivity (Wildman–Crippen MR) is 75.7 cm³/mol. The highest BCUT2D eigenvalue weighted by atomic mass is 16.6. The summed E-state index contributed by atoms with van der Waals surface area (Å²) in [6, 6.07) is 16.3. The van der Waals surface area contributed by atoms with Crippen LogP contribution in [0.3, 0.4) is 0 Å². The van der Waals surface area contributed by atoms with Crippen LogP contribution >= 0.6 is 0 Å². The van der Waals surface area contributed by atoms with Crippen LogP contribution in [0, 0.1) is 10.1 Å². The second kappa shape index (κ2) is 4.97. The second-order valence-corrected chi connectivity index (χ2v) is 4.29. The Morgan fingerprint density at radius 1 is 0.950 bits per heavy atom. The minimum Gasteiger partial charge on any atom is -0.258 e. The van der Waals surface area contributed by atoms with Gasteiger partial charge in [0, 0.05) is 17.8 Å². The van der Waals surface area contributed by atoms with Gasteiger partial charge in [0.05, 0.1) is 11.1 Å². The van der Waals surface area contributed by atoms with Crippen LogP contribution in [0.1, 0.15) is 0 Å². The van der Waals surface area contributed by atoms with Crippen molar-refractivity contribution < 1.29 is 4.92 Å². The quantitative estimate of drug-likeness (QED) is 0.538. The summed E-state index contributed by atoms with van der Waals surface area (Å²) < 4.78 is 1.53. The summed E-state index contributed by atoms with van der Waals surface area (Å²) in [5, 5.41) is 15.3. The van der Waals surface area contributed by atoms with E-state index in [4.69, 9.17) is 0 Å². The van der Waals surface area contributed by atoms with Crippen molar-refractivity contribution in [1.29, 1.82) is 0 Å². The molecule has 0 radical (unpaired) electrons. The maximum absolute atomic E-state index is 11.0. The molecule has 98 valence electrons. The molecule has 5 nitrogen and oxygen atoms in total. The molecular weight excluding hydrogens is 254 g/mol. The van der Waals surface area contributed by atoms with Gasteiger partial charge in [0.25, 0.3) is 5.69 Å². The van der Waals surface area contributed by atoms with E-state index in [-0.39, 0.29) is 5.69 Å². The van der Waals surface area contributed by atoms with Gasteiger partial charge in [-0.05, 0) is 11.6 Å². The lowest BCUT2D eigenvalue weighted by atomic mass is 10.1. The fourth-order valence-corrected chi connectivity index (χ4v) is 2.05. The molecule has 1 heterocycles. The molecule has 0 saturated heterocycles. The molecule has 0 aliphatic heterocycles. The van der Waals surface area contributed by atoms with Crippen molar-refractivity contribution in [2.24, 2.45) is 0 Å². The Morgan fingerprint density at radius 2 is 1.65 bits per heavy atom. The number of hydrogen-bond acceptors (Lipinski definition) is 3. The van der Waals surface area contributed by atoms with Crippen molar-refractivity contribution in [2.75, 3.05) is 0 Å². The Morgan fingerprint density at radius 3 is 2.40 bits per heavy atom. The van der Waals surface area contributed by atoms with Gasteiger partial charge in [-0.3, -0.25) is 10.1 Å². The number of rotatable bonds is 3. The Balaban J connectivity index is 2.05. The van der Waals surface area contributed by atoms with Crippen LogP contribution in [0.4, 0.5) is 5.69 Å². The summed E-state index contributed by atoms with van der Waals surface area (Å²) in [5.74, 6) is 0. The number of benzene rings is 2. The van der Waals surface area contributed by atoms with Gasteiger partial charge in [0.1, 0.15) is 5.69 Å². The van der Waals surface area contributed by atoms with Crippen molar-refractivity contribution >= 4 is 5.69 Å². The third-order valence-electron chi connectivity index (χ3n) is 3.01. The lowest BCUT2D eigenvalue weighted by Gasteiger charge is -2.01. The van der Waals surface area contributed by atoms with E-state index < -0.39 is 4.92 Å². The van der Waals surface area contributed by atoms with E-state index in [1.54, 1.807) is 30.6 Å². The van der Waals surface area contributed by atoms with Crippen LogP contribution in [-0.2, 0) is 0 Å². The number of nitro benzene ring substituents is 1. The number of nitrogens with zero attached hydrogens (tertiary/aromatic N) is 3. The first-order chi connectivity index (χ1) is 9.75. The van der Waals surface area contributed by atoms with Crippen LogP contribution in [0.15, 0.2) is 67.0 Å². The van der Waals surface area contributed by atoms with Crippen molar-refractivity contribution in [3.05, 3.63) is 77.1 Å². The summed E-state index contributed by atoms with van der Waals surface area (Å²) in [5.41, 5.74) is 2.44. The molecule has 0 saturated carbocycles. The normalized spacial score (nSPS) is 10.4. The van der Waals surface area contributed by atoms with Crippen LogP contribution in [-0.4, -0.2) is 14.7 Å². The average Bonchev–Trinajstić information content (AvgIpc) is 2.98. The molecule has 0 N–H and O–H groups in total. The monoisotopic (exact) mass is 265 g/mol. The van der Waals surface area contributed by atoms with E-state index in [1.807, 2.05) is 30.3 Å². The number of hydrogen-bond donors (Lipinski definition) is 0. The van der Waals surface area contributed by atoms with Gasteiger partial charge in [-0.25, -0.2) is 4.68 Å². The fourth-order valence-electron chi connectivity index (χ4n) is 2.05. The summed E-state index contributed by atoms with van der Waals surface area (Å²) in [6.45, 7) is 0. The molecule has 0 aliphatic rings. The van der Waals surface area contributed by atoms with Crippen molar-refractivity contribution in [1.82, 2.24) is 9.78 Å². The van der Waals surface area contributed by atoms with Crippen LogP contribution < -0.4 is 0 Å². The molecule has 0 amide bonds. The van der Waals surface area contributed by atoms with Gasteiger partial charge in [-0.2, -0.15) is 5.10 Å². The topological polar surface area (TPSA) is 61.0 Å². The van der Waals surface area contributed by atoms with Gasteiger partial charge >= 0.3 is 0 Å². The van der Waals surface area contributed by atoms with Crippen LogP contribution in [0.5, 0.6) is 0 Å². The Bertz CT molecular complexity index is 751. The van der Waals surface area contributed by atoms with E-state index in [0.29, 0.717) is 5.69 Å². The first-order valence-corrected chi connectivity index (χ1v) is 6.09. The molecule has 0 spiro atoms. The van der Waals surface area contributed by atoms with Gasteiger partial charge in [0.2, 0.25) is 0 Å². The zero-order valence-electron chi connectivity index (χ0n) is 10.5. The largest absolute Gasteiger partial charge is 0.294 e. The summed E-state index contributed by atoms with van der Waals surface area (Å²) in [4.78, 5) is 10.6. The minimum atomic E-state index is -0.404. The minimum absolute atomic E-state index is 0.0372. The highest BCUT2D eigenvalue weighted by Gasteiger charge is 2.15. The Hall–Kier alpha value is -2.95. The van der Waals surface area contributed by atoms with Crippen molar-refractivity contribution in [3.8, 4) is 16.8 Å². The van der Waals surface area contributed by atoms with Gasteiger partial charge < -0.3 is 0 Å². The van der Waals surface area contributed by atoms with E-state index in [2.05, 4.69) is 5.10 Å². The molecule has 0 unspecified atom stereocenters. The smallest absolute Gasteiger partial charge is 0.258 e. The molecule has 3 aromatic rings. The molecule has 3 rings (SSSR count). The van der Waals surface area contributed by atoms with Gasteiger partial charge in [-0.1, -0.05) is 42.5 Å². The zero-order chi connectivity index (χ0) is 13.9. The van der Waals surface area contributed by atoms with Crippen molar-refractivity contribution in [3.63, 3.8) is 0 Å². The van der Waals surface area contributed by atoms with E-state index in [0.717, 1.165) is 11.1 Å². The average molecular weight is 265 g/mol. The summed E-state index contributed by atoms with van der Waals surface area (Å²) >= 11 is 0. The predicted octanol–water partition coefficient (Wildman–Crippen LogP) is 3.45.